The lowest BCUT2D eigenvalue weighted by Gasteiger charge is -2.30. The molecule has 0 spiro atoms. The molecule has 0 radical (unpaired) electrons. The first-order valence-corrected chi connectivity index (χ1v) is 8.67. The number of hydrogen-bond acceptors (Lipinski definition) is 1. The summed E-state index contributed by atoms with van der Waals surface area (Å²) < 4.78 is 1.40. The zero-order valence-corrected chi connectivity index (χ0v) is 13.5. The Morgan fingerprint density at radius 1 is 1.21 bits per heavy atom. The summed E-state index contributed by atoms with van der Waals surface area (Å²) in [6, 6.07) is 8.72. The highest BCUT2D eigenvalue weighted by Gasteiger charge is 2.27. The fourth-order valence-electron chi connectivity index (χ4n) is 2.72. The summed E-state index contributed by atoms with van der Waals surface area (Å²) in [6.45, 7) is 4.54. The van der Waals surface area contributed by atoms with E-state index in [1.807, 2.05) is 11.3 Å². The highest BCUT2D eigenvalue weighted by Crippen LogP contribution is 2.38. The third-order valence-electron chi connectivity index (χ3n) is 4.22. The lowest BCUT2D eigenvalue weighted by atomic mass is 9.77. The van der Waals surface area contributed by atoms with E-state index >= 15 is 0 Å². The molecule has 2 aromatic rings. The van der Waals surface area contributed by atoms with Crippen molar-refractivity contribution >= 4 is 33.0 Å². The van der Waals surface area contributed by atoms with Gasteiger partial charge in [0.2, 0.25) is 0 Å². The summed E-state index contributed by atoms with van der Waals surface area (Å²) in [7, 11) is 0. The van der Waals surface area contributed by atoms with Gasteiger partial charge in [0.15, 0.2) is 0 Å². The van der Waals surface area contributed by atoms with E-state index in [0.717, 1.165) is 12.3 Å². The maximum absolute atomic E-state index is 6.33. The van der Waals surface area contributed by atoms with Crippen LogP contribution in [0.1, 0.15) is 45.1 Å². The Labute approximate surface area is 125 Å². The molecule has 0 aliphatic rings. The van der Waals surface area contributed by atoms with Gasteiger partial charge in [-0.1, -0.05) is 44.9 Å². The zero-order chi connectivity index (χ0) is 13.7. The SMILES string of the molecule is CCCCC(CC)(CCl)Cc1csc2ccccc12. The predicted octanol–water partition coefficient (Wildman–Crippen LogP) is 6.27. The maximum atomic E-state index is 6.33. The molecule has 0 fully saturated rings. The first-order chi connectivity index (χ1) is 9.24. The van der Waals surface area contributed by atoms with E-state index in [4.69, 9.17) is 11.6 Å². The molecule has 1 aromatic carbocycles. The van der Waals surface area contributed by atoms with Gasteiger partial charge in [0.25, 0.3) is 0 Å². The molecule has 1 aromatic heterocycles. The standard InChI is InChI=1S/C17H23ClS/c1-3-5-10-17(4-2,13-18)11-14-12-19-16-9-7-6-8-15(14)16/h6-9,12H,3-5,10-11,13H2,1-2H3. The first kappa shape index (κ1) is 14.9. The van der Waals surface area contributed by atoms with Gasteiger partial charge in [0.1, 0.15) is 0 Å². The fourth-order valence-corrected chi connectivity index (χ4v) is 4.10. The molecule has 0 N–H and O–H groups in total. The second-order valence-corrected chi connectivity index (χ2v) is 6.70. The maximum Gasteiger partial charge on any atom is 0.0345 e. The third-order valence-corrected chi connectivity index (χ3v) is 5.80. The van der Waals surface area contributed by atoms with Gasteiger partial charge in [-0.25, -0.2) is 0 Å². The van der Waals surface area contributed by atoms with Gasteiger partial charge in [-0.3, -0.25) is 0 Å². The summed E-state index contributed by atoms with van der Waals surface area (Å²) in [5.41, 5.74) is 1.76. The van der Waals surface area contributed by atoms with Crippen molar-refractivity contribution in [1.82, 2.24) is 0 Å². The Hall–Kier alpha value is -0.530. The van der Waals surface area contributed by atoms with Crippen LogP contribution in [-0.2, 0) is 6.42 Å². The number of hydrogen-bond donors (Lipinski definition) is 0. The van der Waals surface area contributed by atoms with Crippen molar-refractivity contribution in [3.63, 3.8) is 0 Å². The summed E-state index contributed by atoms with van der Waals surface area (Å²) in [5.74, 6) is 0.772. The molecule has 0 bridgehead atoms. The second kappa shape index (κ2) is 6.76. The molecule has 0 aliphatic carbocycles. The van der Waals surface area contributed by atoms with E-state index in [1.54, 1.807) is 0 Å². The lowest BCUT2D eigenvalue weighted by molar-refractivity contribution is 0.280. The van der Waals surface area contributed by atoms with Crippen LogP contribution in [0.4, 0.5) is 0 Å². The van der Waals surface area contributed by atoms with Crippen molar-refractivity contribution < 1.29 is 0 Å². The van der Waals surface area contributed by atoms with Gasteiger partial charge in [-0.05, 0) is 47.1 Å². The molecule has 0 saturated heterocycles. The van der Waals surface area contributed by atoms with E-state index in [1.165, 1.54) is 41.3 Å². The number of unbranched alkanes of at least 4 members (excludes halogenated alkanes) is 1. The molecule has 2 heteroatoms. The van der Waals surface area contributed by atoms with Gasteiger partial charge in [0, 0.05) is 10.6 Å². The molecule has 0 nitrogen and oxygen atoms in total. The highest BCUT2D eigenvalue weighted by atomic mass is 35.5. The molecular weight excluding hydrogens is 272 g/mol. The summed E-state index contributed by atoms with van der Waals surface area (Å²) in [4.78, 5) is 0. The van der Waals surface area contributed by atoms with Crippen molar-refractivity contribution in [2.45, 2.75) is 46.0 Å². The topological polar surface area (TPSA) is 0 Å². The van der Waals surface area contributed by atoms with E-state index in [-0.39, 0.29) is 5.41 Å². The monoisotopic (exact) mass is 294 g/mol. The molecule has 104 valence electrons. The minimum Gasteiger partial charge on any atom is -0.144 e. The average molecular weight is 295 g/mol. The summed E-state index contributed by atoms with van der Waals surface area (Å²) in [6.07, 6.45) is 6.07. The predicted molar refractivity (Wildman–Crippen MR) is 88.5 cm³/mol. The molecule has 1 heterocycles. The van der Waals surface area contributed by atoms with Crippen molar-refractivity contribution in [2.24, 2.45) is 5.41 Å². The number of thiophene rings is 1. The Morgan fingerprint density at radius 3 is 2.68 bits per heavy atom. The Balaban J connectivity index is 2.25. The molecule has 1 atom stereocenters. The van der Waals surface area contributed by atoms with E-state index in [2.05, 4.69) is 43.5 Å². The van der Waals surface area contributed by atoms with Crippen LogP contribution < -0.4 is 0 Å². The molecule has 19 heavy (non-hydrogen) atoms. The molecule has 1 unspecified atom stereocenters. The average Bonchev–Trinajstić information content (AvgIpc) is 2.87. The van der Waals surface area contributed by atoms with Crippen molar-refractivity contribution in [3.05, 3.63) is 35.2 Å². The smallest absolute Gasteiger partial charge is 0.0345 e. The first-order valence-electron chi connectivity index (χ1n) is 7.26. The van der Waals surface area contributed by atoms with E-state index < -0.39 is 0 Å². The summed E-state index contributed by atoms with van der Waals surface area (Å²) >= 11 is 8.19. The molecule has 0 saturated carbocycles. The molecule has 0 aliphatic heterocycles. The van der Waals surface area contributed by atoms with Crippen LogP contribution in [0.3, 0.4) is 0 Å². The van der Waals surface area contributed by atoms with Crippen LogP contribution in [0.15, 0.2) is 29.6 Å². The van der Waals surface area contributed by atoms with Crippen LogP contribution in [0.2, 0.25) is 0 Å². The van der Waals surface area contributed by atoms with Crippen LogP contribution in [0.25, 0.3) is 10.1 Å². The van der Waals surface area contributed by atoms with Gasteiger partial charge in [-0.15, -0.1) is 22.9 Å². The molecular formula is C17H23ClS. The quantitative estimate of drug-likeness (QED) is 0.528. The minimum atomic E-state index is 0.279. The lowest BCUT2D eigenvalue weighted by Crippen LogP contribution is -2.25. The van der Waals surface area contributed by atoms with Crippen molar-refractivity contribution in [1.29, 1.82) is 0 Å². The van der Waals surface area contributed by atoms with Crippen LogP contribution in [-0.4, -0.2) is 5.88 Å². The van der Waals surface area contributed by atoms with Crippen LogP contribution in [0.5, 0.6) is 0 Å². The largest absolute Gasteiger partial charge is 0.144 e. The number of fused-ring (bicyclic) bond motifs is 1. The van der Waals surface area contributed by atoms with E-state index in [9.17, 15) is 0 Å². The number of rotatable bonds is 7. The van der Waals surface area contributed by atoms with Gasteiger partial charge < -0.3 is 0 Å². The molecule has 0 amide bonds. The Morgan fingerprint density at radius 2 is 2.00 bits per heavy atom. The highest BCUT2D eigenvalue weighted by molar-refractivity contribution is 7.17. The fraction of sp³-hybridized carbons (Fsp3) is 0.529. The number of halogens is 1. The Bertz CT molecular complexity index is 511. The van der Waals surface area contributed by atoms with Gasteiger partial charge in [-0.2, -0.15) is 0 Å². The second-order valence-electron chi connectivity index (χ2n) is 5.52. The minimum absolute atomic E-state index is 0.279. The molecule has 2 rings (SSSR count). The normalized spacial score (nSPS) is 14.7. The Kier molecular flexibility index (Phi) is 5.29. The summed E-state index contributed by atoms with van der Waals surface area (Å²) in [5, 5.41) is 3.75. The van der Waals surface area contributed by atoms with Crippen molar-refractivity contribution in [3.8, 4) is 0 Å². The van der Waals surface area contributed by atoms with Gasteiger partial charge in [0.05, 0.1) is 0 Å². The van der Waals surface area contributed by atoms with Crippen LogP contribution in [0, 0.1) is 5.41 Å². The van der Waals surface area contributed by atoms with Crippen LogP contribution >= 0.6 is 22.9 Å². The zero-order valence-electron chi connectivity index (χ0n) is 11.9. The van der Waals surface area contributed by atoms with Gasteiger partial charge >= 0.3 is 0 Å². The third kappa shape index (κ3) is 3.32. The number of benzene rings is 1. The number of alkyl halides is 1. The van der Waals surface area contributed by atoms with E-state index in [0.29, 0.717) is 0 Å². The van der Waals surface area contributed by atoms with Crippen molar-refractivity contribution in [2.75, 3.05) is 5.88 Å².